The largest absolute Gasteiger partial charge is 0.462 e. The van der Waals surface area contributed by atoms with Crippen LogP contribution in [0, 0.1) is 17.8 Å². The third kappa shape index (κ3) is 12.6. The fourth-order valence-corrected chi connectivity index (χ4v) is 5.22. The van der Waals surface area contributed by atoms with Gasteiger partial charge in [0, 0.05) is 30.7 Å². The molecule has 0 spiro atoms. The molecule has 45 heavy (non-hydrogen) atoms. The van der Waals surface area contributed by atoms with E-state index in [-0.39, 0.29) is 38.3 Å². The average Bonchev–Trinajstić information content (AvgIpc) is 3.02. The van der Waals surface area contributed by atoms with E-state index in [9.17, 15) is 24.0 Å². The van der Waals surface area contributed by atoms with Crippen LogP contribution in [-0.2, 0) is 66.6 Å². The first-order chi connectivity index (χ1) is 21.5. The molecule has 2 aliphatic carbocycles. The molecule has 0 aromatic heterocycles. The Hall–Kier alpha value is -3.85. The van der Waals surface area contributed by atoms with Gasteiger partial charge in [0.05, 0.1) is 30.3 Å². The second-order valence-electron chi connectivity index (χ2n) is 10.5. The van der Waals surface area contributed by atoms with Gasteiger partial charge in [-0.15, -0.1) is 0 Å². The molecule has 0 aliphatic heterocycles. The molecule has 250 valence electrons. The molecule has 2 saturated carbocycles. The van der Waals surface area contributed by atoms with Gasteiger partial charge in [-0.3, -0.25) is 4.79 Å². The van der Waals surface area contributed by atoms with Crippen LogP contribution < -0.4 is 0 Å². The number of carbonyl (C=O) groups is 5. The van der Waals surface area contributed by atoms with Crippen molar-refractivity contribution in [3.05, 3.63) is 50.6 Å². The van der Waals surface area contributed by atoms with Crippen molar-refractivity contribution in [1.29, 1.82) is 0 Å². The van der Waals surface area contributed by atoms with E-state index in [0.717, 1.165) is 24.3 Å². The van der Waals surface area contributed by atoms with Crippen molar-refractivity contribution in [1.82, 2.24) is 0 Å². The van der Waals surface area contributed by atoms with Gasteiger partial charge in [0.25, 0.3) is 0 Å². The predicted octanol–water partition coefficient (Wildman–Crippen LogP) is 2.66. The van der Waals surface area contributed by atoms with Crippen molar-refractivity contribution in [2.75, 3.05) is 27.2 Å². The van der Waals surface area contributed by atoms with Gasteiger partial charge in [0.15, 0.2) is 27.2 Å². The lowest BCUT2D eigenvalue weighted by Gasteiger charge is -2.41. The van der Waals surface area contributed by atoms with Gasteiger partial charge >= 0.3 is 29.8 Å². The highest BCUT2D eigenvalue weighted by Gasteiger charge is 2.43. The van der Waals surface area contributed by atoms with Crippen LogP contribution >= 0.6 is 0 Å². The van der Waals surface area contributed by atoms with E-state index in [0.29, 0.717) is 12.8 Å². The number of rotatable bonds is 18. The normalized spacial score (nSPS) is 27.6. The minimum atomic E-state index is -0.705. The molecule has 0 heterocycles. The predicted molar refractivity (Wildman–Crippen MR) is 154 cm³/mol. The van der Waals surface area contributed by atoms with Crippen molar-refractivity contribution in [3.8, 4) is 0 Å². The van der Waals surface area contributed by atoms with E-state index in [1.54, 1.807) is 0 Å². The Labute approximate surface area is 262 Å². The van der Waals surface area contributed by atoms with Crippen LogP contribution in [-0.4, -0.2) is 87.5 Å². The van der Waals surface area contributed by atoms with E-state index in [4.69, 9.17) is 42.6 Å². The van der Waals surface area contributed by atoms with Gasteiger partial charge in [-0.25, -0.2) is 19.2 Å². The van der Waals surface area contributed by atoms with Crippen LogP contribution in [0.3, 0.4) is 0 Å². The maximum Gasteiger partial charge on any atom is 0.332 e. The number of esters is 5. The third-order valence-corrected chi connectivity index (χ3v) is 7.33. The molecule has 0 saturated heterocycles. The monoisotopic (exact) mass is 638 g/mol. The van der Waals surface area contributed by atoms with Crippen molar-refractivity contribution in [2.24, 2.45) is 17.8 Å². The second-order valence-corrected chi connectivity index (χ2v) is 10.5. The molecular formula is C31H42O14. The Morgan fingerprint density at radius 3 is 1.36 bits per heavy atom. The smallest absolute Gasteiger partial charge is 0.332 e. The average molecular weight is 639 g/mol. The molecule has 0 radical (unpaired) electrons. The van der Waals surface area contributed by atoms with E-state index < -0.39 is 79.9 Å². The van der Waals surface area contributed by atoms with Crippen LogP contribution in [0.15, 0.2) is 50.6 Å². The number of hydrogen-bond donors (Lipinski definition) is 0. The molecular weight excluding hydrogens is 596 g/mol. The molecule has 14 heteroatoms. The summed E-state index contributed by atoms with van der Waals surface area (Å²) in [5.74, 6) is -4.19. The summed E-state index contributed by atoms with van der Waals surface area (Å²) in [5.41, 5.74) is 0. The molecule has 0 aromatic rings. The molecule has 2 aliphatic rings. The molecule has 0 N–H and O–H groups in total. The van der Waals surface area contributed by atoms with Crippen LogP contribution in [0.1, 0.15) is 39.5 Å². The van der Waals surface area contributed by atoms with E-state index in [1.807, 2.05) is 13.8 Å². The summed E-state index contributed by atoms with van der Waals surface area (Å²) in [4.78, 5) is 59.3. The number of hydrogen-bond acceptors (Lipinski definition) is 14. The van der Waals surface area contributed by atoms with Gasteiger partial charge in [-0.1, -0.05) is 40.2 Å². The Morgan fingerprint density at radius 1 is 0.556 bits per heavy atom. The van der Waals surface area contributed by atoms with E-state index in [1.165, 1.54) is 0 Å². The van der Waals surface area contributed by atoms with Crippen molar-refractivity contribution >= 4 is 29.8 Å². The molecule has 8 atom stereocenters. The van der Waals surface area contributed by atoms with E-state index in [2.05, 4.69) is 26.3 Å². The van der Waals surface area contributed by atoms with Gasteiger partial charge in [-0.2, -0.15) is 0 Å². The number of carbonyl (C=O) groups excluding carboxylic acids is 5. The maximum atomic E-state index is 13.4. The van der Waals surface area contributed by atoms with E-state index >= 15 is 0 Å². The quantitative estimate of drug-likeness (QED) is 0.0929. The lowest BCUT2D eigenvalue weighted by Crippen LogP contribution is -2.49. The Bertz CT molecular complexity index is 1070. The van der Waals surface area contributed by atoms with Crippen molar-refractivity contribution in [3.63, 3.8) is 0 Å². The SMILES string of the molecule is C=CC(=O)OCOC1CC(OC(=O)C2CC(C)C(OCOC(=O)C=C)C(OCOC(=O)C=C)C2)CC(C)C1OCOC(=O)C=C. The second kappa shape index (κ2) is 19.5. The summed E-state index contributed by atoms with van der Waals surface area (Å²) in [7, 11) is 0. The lowest BCUT2D eigenvalue weighted by molar-refractivity contribution is -0.212. The molecule has 2 rings (SSSR count). The zero-order valence-corrected chi connectivity index (χ0v) is 25.6. The van der Waals surface area contributed by atoms with Crippen LogP contribution in [0.25, 0.3) is 0 Å². The summed E-state index contributed by atoms with van der Waals surface area (Å²) in [6.07, 6.45) is 2.06. The summed E-state index contributed by atoms with van der Waals surface area (Å²) in [6.45, 7) is 15.6. The van der Waals surface area contributed by atoms with Crippen molar-refractivity contribution < 1.29 is 66.6 Å². The topological polar surface area (TPSA) is 168 Å². The highest BCUT2D eigenvalue weighted by atomic mass is 16.7. The van der Waals surface area contributed by atoms with Gasteiger partial charge in [-0.05, 0) is 31.1 Å². The standard InChI is InChI=1S/C31H42O14/c1-7-25(32)39-15-37-23-13-21(11-19(5)29(23)43-17-41-27(34)9-3)31(36)45-22-12-20(6)30(44-18-42-28(35)10-4)24(14-22)38-16-40-26(33)8-2/h7-10,19-24,29-30H,1-4,11-18H2,5-6H3. The lowest BCUT2D eigenvalue weighted by atomic mass is 9.78. The molecule has 0 bridgehead atoms. The van der Waals surface area contributed by atoms with Gasteiger partial charge < -0.3 is 42.6 Å². The first-order valence-corrected chi connectivity index (χ1v) is 14.4. The fraction of sp³-hybridized carbons (Fsp3) is 0.581. The summed E-state index contributed by atoms with van der Waals surface area (Å²) in [5, 5.41) is 0. The Morgan fingerprint density at radius 2 is 0.933 bits per heavy atom. The highest BCUT2D eigenvalue weighted by Crippen LogP contribution is 2.36. The molecule has 14 nitrogen and oxygen atoms in total. The first-order valence-electron chi connectivity index (χ1n) is 14.4. The Balaban J connectivity index is 2.08. The highest BCUT2D eigenvalue weighted by molar-refractivity contribution is 5.82. The Kier molecular flexibility index (Phi) is 16.2. The number of ether oxygens (including phenoxy) is 9. The van der Waals surface area contributed by atoms with Gasteiger partial charge in [0.1, 0.15) is 6.10 Å². The van der Waals surface area contributed by atoms with Crippen LogP contribution in [0.4, 0.5) is 0 Å². The zero-order valence-electron chi connectivity index (χ0n) is 25.6. The van der Waals surface area contributed by atoms with Crippen LogP contribution in [0.5, 0.6) is 0 Å². The van der Waals surface area contributed by atoms with Crippen LogP contribution in [0.2, 0.25) is 0 Å². The fourth-order valence-electron chi connectivity index (χ4n) is 5.22. The summed E-state index contributed by atoms with van der Waals surface area (Å²) in [6, 6.07) is 0. The molecule has 0 amide bonds. The first kappa shape index (κ1) is 37.3. The maximum absolute atomic E-state index is 13.4. The minimum absolute atomic E-state index is 0.176. The van der Waals surface area contributed by atoms with Crippen molar-refractivity contribution in [2.45, 2.75) is 70.1 Å². The van der Waals surface area contributed by atoms with Gasteiger partial charge in [0.2, 0.25) is 0 Å². The molecule has 2 fully saturated rings. The summed E-state index contributed by atoms with van der Waals surface area (Å²) < 4.78 is 48.8. The molecule has 8 unspecified atom stereocenters. The zero-order chi connectivity index (χ0) is 33.4. The summed E-state index contributed by atoms with van der Waals surface area (Å²) >= 11 is 0. The minimum Gasteiger partial charge on any atom is -0.462 e. The third-order valence-electron chi connectivity index (χ3n) is 7.33. The molecule has 0 aromatic carbocycles.